The summed E-state index contributed by atoms with van der Waals surface area (Å²) in [4.78, 5) is 22.4. The average Bonchev–Trinajstić information content (AvgIpc) is 3.34. The van der Waals surface area contributed by atoms with Gasteiger partial charge in [-0.2, -0.15) is 0 Å². The molecule has 0 spiro atoms. The van der Waals surface area contributed by atoms with Crippen LogP contribution in [0.3, 0.4) is 0 Å². The Hall–Kier alpha value is -2.72. The van der Waals surface area contributed by atoms with Crippen molar-refractivity contribution in [2.45, 2.75) is 32.6 Å². The molecule has 158 valence electrons. The Morgan fingerprint density at radius 2 is 2.13 bits per heavy atom. The Labute approximate surface area is 174 Å². The van der Waals surface area contributed by atoms with Crippen molar-refractivity contribution < 1.29 is 27.8 Å². The molecule has 2 aliphatic heterocycles. The number of halogens is 2. The van der Waals surface area contributed by atoms with E-state index in [-0.39, 0.29) is 23.3 Å². The Morgan fingerprint density at radius 1 is 1.37 bits per heavy atom. The van der Waals surface area contributed by atoms with Crippen LogP contribution in [-0.2, 0) is 11.2 Å². The molecule has 5 rings (SSSR count). The molecule has 7 nitrogen and oxygen atoms in total. The summed E-state index contributed by atoms with van der Waals surface area (Å²) in [5.74, 6) is 0.0378. The predicted octanol–water partition coefficient (Wildman–Crippen LogP) is 3.90. The van der Waals surface area contributed by atoms with Gasteiger partial charge in [0, 0.05) is 36.6 Å². The highest BCUT2D eigenvalue weighted by atomic mass is 32.1. The van der Waals surface area contributed by atoms with Crippen molar-refractivity contribution in [3.8, 4) is 11.5 Å². The molecule has 10 heteroatoms. The summed E-state index contributed by atoms with van der Waals surface area (Å²) >= 11 is 1.39. The number of ketones is 1. The third kappa shape index (κ3) is 3.29. The Bertz CT molecular complexity index is 1140. The van der Waals surface area contributed by atoms with Gasteiger partial charge in [0.15, 0.2) is 22.4 Å². The summed E-state index contributed by atoms with van der Waals surface area (Å²) in [7, 11) is 0. The van der Waals surface area contributed by atoms with Gasteiger partial charge in [-0.05, 0) is 25.0 Å². The van der Waals surface area contributed by atoms with E-state index in [4.69, 9.17) is 4.74 Å². The van der Waals surface area contributed by atoms with Crippen molar-refractivity contribution in [1.29, 1.82) is 0 Å². The second kappa shape index (κ2) is 6.92. The van der Waals surface area contributed by atoms with E-state index in [1.165, 1.54) is 17.4 Å². The number of aromatic nitrogens is 2. The van der Waals surface area contributed by atoms with Crippen LogP contribution in [0.4, 0.5) is 13.9 Å². The highest BCUT2D eigenvalue weighted by molar-refractivity contribution is 7.17. The van der Waals surface area contributed by atoms with E-state index in [2.05, 4.69) is 24.3 Å². The number of Topliss-reactive ketones (excluding diaryl/α,β-unsaturated/α-hetero) is 1. The van der Waals surface area contributed by atoms with Crippen molar-refractivity contribution >= 4 is 33.2 Å². The highest BCUT2D eigenvalue weighted by Crippen LogP contribution is 2.44. The van der Waals surface area contributed by atoms with E-state index >= 15 is 0 Å². The predicted molar refractivity (Wildman–Crippen MR) is 107 cm³/mol. The van der Waals surface area contributed by atoms with E-state index in [9.17, 15) is 13.6 Å². The number of H-pyrrole nitrogens is 1. The first-order valence-electron chi connectivity index (χ1n) is 9.53. The maximum atomic E-state index is 13.4. The van der Waals surface area contributed by atoms with Crippen LogP contribution in [0.2, 0.25) is 0 Å². The minimum atomic E-state index is -3.65. The lowest BCUT2D eigenvalue weighted by molar-refractivity contribution is -0.286. The summed E-state index contributed by atoms with van der Waals surface area (Å²) in [6, 6.07) is 3.09. The molecule has 0 saturated carbocycles. The molecule has 0 radical (unpaired) electrons. The zero-order chi connectivity index (χ0) is 21.0. The molecule has 0 unspecified atom stereocenters. The lowest BCUT2D eigenvalue weighted by Crippen LogP contribution is -2.46. The monoisotopic (exact) mass is 435 g/mol. The lowest BCUT2D eigenvalue weighted by Gasteiger charge is -2.35. The lowest BCUT2D eigenvalue weighted by atomic mass is 10.0. The van der Waals surface area contributed by atoms with Gasteiger partial charge in [0.25, 0.3) is 0 Å². The molecule has 3 aromatic rings. The smallest absolute Gasteiger partial charge is 0.395 e. The molecule has 0 amide bonds. The van der Waals surface area contributed by atoms with Crippen LogP contribution in [0.5, 0.6) is 11.5 Å². The highest BCUT2D eigenvalue weighted by Gasteiger charge is 2.43. The molecule has 1 atom stereocenters. The van der Waals surface area contributed by atoms with Crippen LogP contribution in [0.25, 0.3) is 10.9 Å². The number of thiazole rings is 1. The maximum absolute atomic E-state index is 13.4. The number of hydrogen-bond acceptors (Lipinski definition) is 7. The molecule has 1 saturated heterocycles. The second-order valence-electron chi connectivity index (χ2n) is 7.42. The Morgan fingerprint density at radius 3 is 2.87 bits per heavy atom. The summed E-state index contributed by atoms with van der Waals surface area (Å²) in [6.07, 6.45) is -1.17. The van der Waals surface area contributed by atoms with Crippen molar-refractivity contribution in [3.63, 3.8) is 0 Å². The minimum Gasteiger partial charge on any atom is -0.395 e. The van der Waals surface area contributed by atoms with E-state index in [0.29, 0.717) is 36.6 Å². The molecule has 0 aliphatic carbocycles. The first kappa shape index (κ1) is 19.3. The number of hydrogen-bond donors (Lipinski definition) is 1. The quantitative estimate of drug-likeness (QED) is 0.627. The van der Waals surface area contributed by atoms with Gasteiger partial charge in [-0.25, -0.2) is 4.98 Å². The zero-order valence-electron chi connectivity index (χ0n) is 16.3. The van der Waals surface area contributed by atoms with Crippen LogP contribution in [0.15, 0.2) is 18.3 Å². The zero-order valence-corrected chi connectivity index (χ0v) is 17.1. The number of fused-ring (bicyclic) bond motifs is 2. The molecule has 1 aromatic carbocycles. The first-order chi connectivity index (χ1) is 14.3. The van der Waals surface area contributed by atoms with Crippen molar-refractivity contribution in [3.05, 3.63) is 34.5 Å². The fourth-order valence-corrected chi connectivity index (χ4v) is 5.01. The normalized spacial score (nSPS) is 20.1. The van der Waals surface area contributed by atoms with Gasteiger partial charge in [-0.1, -0.05) is 11.3 Å². The topological polar surface area (TPSA) is 76.7 Å². The summed E-state index contributed by atoms with van der Waals surface area (Å²) in [5.41, 5.74) is 2.37. The van der Waals surface area contributed by atoms with E-state index in [1.54, 1.807) is 13.0 Å². The fourth-order valence-electron chi connectivity index (χ4n) is 3.95. The van der Waals surface area contributed by atoms with Gasteiger partial charge in [0.1, 0.15) is 0 Å². The Kier molecular flexibility index (Phi) is 4.44. The largest absolute Gasteiger partial charge is 0.586 e. The number of aromatic amines is 1. The molecule has 30 heavy (non-hydrogen) atoms. The summed E-state index contributed by atoms with van der Waals surface area (Å²) < 4.78 is 41.6. The van der Waals surface area contributed by atoms with Gasteiger partial charge in [-0.3, -0.25) is 4.79 Å². The number of ether oxygens (including phenoxy) is 3. The molecular weight excluding hydrogens is 416 g/mol. The number of carbonyl (C=O) groups is 1. The molecule has 1 N–H and O–H groups in total. The first-order valence-corrected chi connectivity index (χ1v) is 10.3. The molecule has 0 bridgehead atoms. The van der Waals surface area contributed by atoms with E-state index in [1.807, 2.05) is 13.1 Å². The van der Waals surface area contributed by atoms with E-state index in [0.717, 1.165) is 21.8 Å². The third-order valence-electron chi connectivity index (χ3n) is 5.32. The minimum absolute atomic E-state index is 0.00466. The van der Waals surface area contributed by atoms with Crippen molar-refractivity contribution in [1.82, 2.24) is 9.97 Å². The van der Waals surface area contributed by atoms with Crippen LogP contribution in [0.1, 0.15) is 27.9 Å². The van der Waals surface area contributed by atoms with Gasteiger partial charge >= 0.3 is 6.29 Å². The number of anilines is 1. The number of nitrogens with one attached hydrogen (secondary N) is 1. The fraction of sp³-hybridized carbons (Fsp3) is 0.400. The second-order valence-corrected chi connectivity index (χ2v) is 8.40. The summed E-state index contributed by atoms with van der Waals surface area (Å²) in [6.45, 7) is 5.12. The number of nitrogens with zero attached hydrogens (tertiary/aromatic N) is 2. The SMILES string of the molecule is CC(=O)c1sc(N2CCOC[C@@H]2Cc2c[nH]c3cc4c(cc23)OC(F)(F)O4)nc1C. The van der Waals surface area contributed by atoms with Crippen LogP contribution >= 0.6 is 11.3 Å². The maximum Gasteiger partial charge on any atom is 0.586 e. The van der Waals surface area contributed by atoms with Crippen LogP contribution in [-0.4, -0.2) is 47.8 Å². The van der Waals surface area contributed by atoms with Gasteiger partial charge in [0.2, 0.25) is 0 Å². The van der Waals surface area contributed by atoms with Crippen LogP contribution in [0, 0.1) is 6.92 Å². The van der Waals surface area contributed by atoms with Crippen LogP contribution < -0.4 is 14.4 Å². The number of aryl methyl sites for hydroxylation is 1. The number of carbonyl (C=O) groups excluding carboxylic acids is 1. The molecule has 2 aromatic heterocycles. The summed E-state index contributed by atoms with van der Waals surface area (Å²) in [5, 5.41) is 1.59. The van der Waals surface area contributed by atoms with Gasteiger partial charge in [0.05, 0.1) is 29.8 Å². The standard InChI is InChI=1S/C20H19F2N3O4S/c1-10-18(11(2)26)30-19(24-10)25-3-4-27-9-13(25)5-12-8-23-15-7-17-16(6-14(12)15)28-20(21,22)29-17/h6-8,13,23H,3-5,9H2,1-2H3/t13-/m0/s1. The van der Waals surface area contributed by atoms with Gasteiger partial charge < -0.3 is 24.1 Å². The average molecular weight is 435 g/mol. The number of alkyl halides is 2. The molecule has 4 heterocycles. The Balaban J connectivity index is 1.45. The molecule has 1 fully saturated rings. The molecular formula is C20H19F2N3O4S. The van der Waals surface area contributed by atoms with Crippen molar-refractivity contribution in [2.24, 2.45) is 0 Å². The third-order valence-corrected chi connectivity index (χ3v) is 6.62. The van der Waals surface area contributed by atoms with Crippen molar-refractivity contribution in [2.75, 3.05) is 24.7 Å². The number of morpholine rings is 1. The van der Waals surface area contributed by atoms with E-state index < -0.39 is 6.29 Å². The van der Waals surface area contributed by atoms with Gasteiger partial charge in [-0.15, -0.1) is 8.78 Å². The number of benzene rings is 1. The number of rotatable bonds is 4. The molecule has 2 aliphatic rings.